The van der Waals surface area contributed by atoms with E-state index in [0.29, 0.717) is 10.0 Å². The van der Waals surface area contributed by atoms with E-state index in [2.05, 4.69) is 0 Å². The van der Waals surface area contributed by atoms with Crippen LogP contribution in [-0.2, 0) is 25.7 Å². The molecule has 2 aromatic heterocycles. The van der Waals surface area contributed by atoms with Gasteiger partial charge in [0.1, 0.15) is 0 Å². The number of benzene rings is 1. The van der Waals surface area contributed by atoms with Crippen LogP contribution in [-0.4, -0.2) is 9.97 Å². The van der Waals surface area contributed by atoms with Gasteiger partial charge in [-0.2, -0.15) is 0 Å². The molecule has 0 bridgehead atoms. The molecule has 0 radical (unpaired) electrons. The first-order valence-electron chi connectivity index (χ1n) is 9.71. The molecule has 0 aliphatic heterocycles. The summed E-state index contributed by atoms with van der Waals surface area (Å²) in [5.74, 6) is 0. The van der Waals surface area contributed by atoms with Crippen LogP contribution in [0.1, 0.15) is 48.2 Å². The third-order valence-electron chi connectivity index (χ3n) is 5.94. The van der Waals surface area contributed by atoms with E-state index in [1.807, 2.05) is 18.2 Å². The summed E-state index contributed by atoms with van der Waals surface area (Å²) in [5, 5.41) is 2.12. The van der Waals surface area contributed by atoms with Crippen LogP contribution < -0.4 is 5.73 Å². The highest BCUT2D eigenvalue weighted by Crippen LogP contribution is 2.42. The summed E-state index contributed by atoms with van der Waals surface area (Å²) in [5.41, 5.74) is 15.4. The van der Waals surface area contributed by atoms with Gasteiger partial charge in [-0.15, -0.1) is 0 Å². The Bertz CT molecular complexity index is 1070. The Balaban J connectivity index is 1.89. The van der Waals surface area contributed by atoms with Gasteiger partial charge in [0.15, 0.2) is 5.65 Å². The lowest BCUT2D eigenvalue weighted by atomic mass is 9.85. The maximum atomic E-state index is 6.74. The molecule has 3 aromatic rings. The largest absolute Gasteiger partial charge is 0.398 e. The number of fused-ring (bicyclic) bond motifs is 3. The van der Waals surface area contributed by atoms with Gasteiger partial charge in [-0.05, 0) is 85.8 Å². The lowest BCUT2D eigenvalue weighted by molar-refractivity contribution is 0.665. The molecule has 0 spiro atoms. The van der Waals surface area contributed by atoms with Gasteiger partial charge < -0.3 is 5.73 Å². The molecule has 0 amide bonds. The molecule has 5 heteroatoms. The van der Waals surface area contributed by atoms with Gasteiger partial charge in [-0.1, -0.05) is 29.3 Å². The Morgan fingerprint density at radius 3 is 2.11 bits per heavy atom. The van der Waals surface area contributed by atoms with Crippen molar-refractivity contribution in [3.8, 4) is 11.1 Å². The fourth-order valence-corrected chi connectivity index (χ4v) is 4.91. The molecule has 138 valence electrons. The summed E-state index contributed by atoms with van der Waals surface area (Å²) in [6.45, 7) is 0. The van der Waals surface area contributed by atoms with Crippen LogP contribution in [0.5, 0.6) is 0 Å². The van der Waals surface area contributed by atoms with Crippen molar-refractivity contribution >= 4 is 39.9 Å². The van der Waals surface area contributed by atoms with E-state index in [4.69, 9.17) is 38.9 Å². The molecule has 2 N–H and O–H groups in total. The Morgan fingerprint density at radius 1 is 0.778 bits per heavy atom. The van der Waals surface area contributed by atoms with E-state index in [1.165, 1.54) is 36.8 Å². The zero-order chi connectivity index (χ0) is 18.5. The van der Waals surface area contributed by atoms with Crippen LogP contribution in [0.3, 0.4) is 0 Å². The first-order valence-corrected chi connectivity index (χ1v) is 10.5. The van der Waals surface area contributed by atoms with Crippen LogP contribution in [0.15, 0.2) is 18.2 Å². The second-order valence-corrected chi connectivity index (χ2v) is 8.42. The number of rotatable bonds is 1. The van der Waals surface area contributed by atoms with Gasteiger partial charge >= 0.3 is 0 Å². The summed E-state index contributed by atoms with van der Waals surface area (Å²) < 4.78 is 0. The van der Waals surface area contributed by atoms with Crippen LogP contribution in [0.4, 0.5) is 5.69 Å². The van der Waals surface area contributed by atoms with Gasteiger partial charge in [-0.25, -0.2) is 9.97 Å². The van der Waals surface area contributed by atoms with Crippen molar-refractivity contribution in [2.45, 2.75) is 51.4 Å². The van der Waals surface area contributed by atoms with Crippen molar-refractivity contribution in [1.82, 2.24) is 9.97 Å². The summed E-state index contributed by atoms with van der Waals surface area (Å²) in [4.78, 5) is 9.92. The maximum Gasteiger partial charge on any atom is 0.162 e. The highest BCUT2D eigenvalue weighted by atomic mass is 35.5. The quantitative estimate of drug-likeness (QED) is 0.552. The van der Waals surface area contributed by atoms with Gasteiger partial charge in [0.25, 0.3) is 0 Å². The number of aryl methyl sites for hydroxylation is 2. The fourth-order valence-electron chi connectivity index (χ4n) is 4.62. The highest BCUT2D eigenvalue weighted by Gasteiger charge is 2.25. The van der Waals surface area contributed by atoms with Crippen molar-refractivity contribution in [3.05, 3.63) is 50.8 Å². The first-order chi connectivity index (χ1) is 13.1. The molecule has 0 atom stereocenters. The molecule has 2 heterocycles. The van der Waals surface area contributed by atoms with E-state index < -0.39 is 0 Å². The molecule has 2 aliphatic carbocycles. The zero-order valence-electron chi connectivity index (χ0n) is 15.1. The molecule has 0 fully saturated rings. The standard InChI is InChI=1S/C22H21Cl2N3/c23-15-10-9-12(11-16(15)24)19-13-5-1-3-7-17(13)26-22-20(19)21(25)14-6-2-4-8-18(14)27-22/h9-11H,1-8H2,(H2,25,26,27). The smallest absolute Gasteiger partial charge is 0.162 e. The summed E-state index contributed by atoms with van der Waals surface area (Å²) in [6, 6.07) is 5.85. The van der Waals surface area contributed by atoms with Crippen LogP contribution in [0.25, 0.3) is 22.2 Å². The fraction of sp³-hybridized carbons (Fsp3) is 0.364. The van der Waals surface area contributed by atoms with Crippen molar-refractivity contribution in [2.75, 3.05) is 5.73 Å². The van der Waals surface area contributed by atoms with Gasteiger partial charge in [-0.3, -0.25) is 0 Å². The normalized spacial score (nSPS) is 16.2. The molecule has 2 aliphatic rings. The molecule has 3 nitrogen and oxygen atoms in total. The average molecular weight is 398 g/mol. The summed E-state index contributed by atoms with van der Waals surface area (Å²) in [7, 11) is 0. The zero-order valence-corrected chi connectivity index (χ0v) is 16.6. The van der Waals surface area contributed by atoms with Crippen molar-refractivity contribution in [3.63, 3.8) is 0 Å². The van der Waals surface area contributed by atoms with E-state index in [-0.39, 0.29) is 0 Å². The molecular weight excluding hydrogens is 377 g/mol. The highest BCUT2D eigenvalue weighted by molar-refractivity contribution is 6.42. The van der Waals surface area contributed by atoms with Crippen LogP contribution in [0.2, 0.25) is 10.0 Å². The Labute approximate surface area is 168 Å². The number of anilines is 1. The minimum Gasteiger partial charge on any atom is -0.398 e. The van der Waals surface area contributed by atoms with E-state index in [1.54, 1.807) is 0 Å². The lowest BCUT2D eigenvalue weighted by Gasteiger charge is -2.24. The molecule has 5 rings (SSSR count). The summed E-state index contributed by atoms with van der Waals surface area (Å²) in [6.07, 6.45) is 8.71. The maximum absolute atomic E-state index is 6.74. The van der Waals surface area contributed by atoms with Crippen molar-refractivity contribution in [1.29, 1.82) is 0 Å². The van der Waals surface area contributed by atoms with Gasteiger partial charge in [0.2, 0.25) is 0 Å². The number of halogens is 2. The number of pyridine rings is 2. The number of nitrogen functional groups attached to an aromatic ring is 1. The monoisotopic (exact) mass is 397 g/mol. The van der Waals surface area contributed by atoms with Gasteiger partial charge in [0, 0.05) is 17.1 Å². The number of nitrogens with two attached hydrogens (primary N) is 1. The molecule has 27 heavy (non-hydrogen) atoms. The number of hydrogen-bond donors (Lipinski definition) is 1. The third kappa shape index (κ3) is 2.79. The van der Waals surface area contributed by atoms with Crippen molar-refractivity contribution in [2.24, 2.45) is 0 Å². The van der Waals surface area contributed by atoms with E-state index >= 15 is 0 Å². The SMILES string of the molecule is Nc1c2c(nc3nc4c(c(-c5ccc(Cl)c(Cl)c5)c13)CCCC4)CCCC2. The van der Waals surface area contributed by atoms with Gasteiger partial charge in [0.05, 0.1) is 15.4 Å². The van der Waals surface area contributed by atoms with Crippen LogP contribution >= 0.6 is 23.2 Å². The minimum atomic E-state index is 0.563. The Hall–Kier alpha value is -1.84. The van der Waals surface area contributed by atoms with Crippen molar-refractivity contribution < 1.29 is 0 Å². The average Bonchev–Trinajstić information content (AvgIpc) is 2.69. The summed E-state index contributed by atoms with van der Waals surface area (Å²) >= 11 is 12.5. The Morgan fingerprint density at radius 2 is 1.41 bits per heavy atom. The lowest BCUT2D eigenvalue weighted by Crippen LogP contribution is -2.14. The molecular formula is C22H21Cl2N3. The predicted octanol–water partition coefficient (Wildman–Crippen LogP) is 5.94. The van der Waals surface area contributed by atoms with E-state index in [0.717, 1.165) is 64.9 Å². The number of nitrogens with zero attached hydrogens (tertiary/aromatic N) is 2. The number of hydrogen-bond acceptors (Lipinski definition) is 3. The van der Waals surface area contributed by atoms with E-state index in [9.17, 15) is 0 Å². The third-order valence-corrected chi connectivity index (χ3v) is 6.68. The molecule has 1 aromatic carbocycles. The topological polar surface area (TPSA) is 51.8 Å². The first kappa shape index (κ1) is 17.3. The molecule has 0 saturated heterocycles. The Kier molecular flexibility index (Phi) is 4.25. The number of aromatic nitrogens is 2. The molecule has 0 saturated carbocycles. The second-order valence-electron chi connectivity index (χ2n) is 7.60. The minimum absolute atomic E-state index is 0.563. The second kappa shape index (κ2) is 6.65. The predicted molar refractivity (Wildman–Crippen MR) is 113 cm³/mol. The van der Waals surface area contributed by atoms with Crippen LogP contribution in [0, 0.1) is 0 Å². The molecule has 0 unspecified atom stereocenters.